The van der Waals surface area contributed by atoms with Crippen molar-refractivity contribution in [3.8, 4) is 11.8 Å². The zero-order valence-corrected chi connectivity index (χ0v) is 13.1. The van der Waals surface area contributed by atoms with Crippen LogP contribution in [-0.4, -0.2) is 14.7 Å². The van der Waals surface area contributed by atoms with Crippen molar-refractivity contribution in [2.75, 3.05) is 0 Å². The van der Waals surface area contributed by atoms with Crippen LogP contribution in [0.5, 0.6) is 5.75 Å². The van der Waals surface area contributed by atoms with E-state index in [9.17, 15) is 10.4 Å². The van der Waals surface area contributed by atoms with Crippen LogP contribution in [-0.2, 0) is 0 Å². The SMILES string of the molecule is C[C@H](c1ccccc1)n1c(Cl)c(Cl)c2c(O)cnc(C#N)c21. The van der Waals surface area contributed by atoms with Gasteiger partial charge in [0.1, 0.15) is 17.0 Å². The van der Waals surface area contributed by atoms with Gasteiger partial charge in [0.25, 0.3) is 0 Å². The number of pyridine rings is 1. The van der Waals surface area contributed by atoms with Gasteiger partial charge in [0, 0.05) is 0 Å². The molecule has 2 heterocycles. The van der Waals surface area contributed by atoms with Crippen molar-refractivity contribution in [1.29, 1.82) is 5.26 Å². The maximum absolute atomic E-state index is 10.0. The largest absolute Gasteiger partial charge is 0.506 e. The minimum Gasteiger partial charge on any atom is -0.506 e. The fourth-order valence-electron chi connectivity index (χ4n) is 2.58. The third kappa shape index (κ3) is 2.10. The van der Waals surface area contributed by atoms with Gasteiger partial charge in [0.05, 0.1) is 28.2 Å². The summed E-state index contributed by atoms with van der Waals surface area (Å²) >= 11 is 12.6. The van der Waals surface area contributed by atoms with Crippen molar-refractivity contribution in [3.05, 3.63) is 58.0 Å². The Bertz CT molecular complexity index is 897. The molecule has 110 valence electrons. The minimum absolute atomic E-state index is 0.0973. The number of nitrogens with zero attached hydrogens (tertiary/aromatic N) is 3. The topological polar surface area (TPSA) is 61.8 Å². The van der Waals surface area contributed by atoms with E-state index in [0.717, 1.165) is 5.56 Å². The lowest BCUT2D eigenvalue weighted by Crippen LogP contribution is -2.08. The summed E-state index contributed by atoms with van der Waals surface area (Å²) in [6.07, 6.45) is 1.21. The molecular formula is C16H11Cl2N3O. The summed E-state index contributed by atoms with van der Waals surface area (Å²) in [5.74, 6) is -0.0973. The molecule has 0 unspecified atom stereocenters. The van der Waals surface area contributed by atoms with Gasteiger partial charge in [-0.3, -0.25) is 0 Å². The standard InChI is InChI=1S/C16H11Cl2N3O/c1-9(10-5-3-2-4-6-10)21-15-11(7-19)20-8-12(22)13(15)14(17)16(21)18/h2-6,8-9,22H,1H3/t9-/m1/s1. The average molecular weight is 332 g/mol. The summed E-state index contributed by atoms with van der Waals surface area (Å²) < 4.78 is 1.72. The maximum atomic E-state index is 10.0. The number of nitriles is 1. The van der Waals surface area contributed by atoms with Crippen LogP contribution < -0.4 is 0 Å². The Kier molecular flexibility index (Phi) is 3.69. The van der Waals surface area contributed by atoms with Crippen molar-refractivity contribution in [2.24, 2.45) is 0 Å². The minimum atomic E-state index is -0.167. The molecule has 0 aliphatic heterocycles. The Hall–Kier alpha value is -2.22. The lowest BCUT2D eigenvalue weighted by Gasteiger charge is -2.17. The van der Waals surface area contributed by atoms with E-state index in [-0.39, 0.29) is 27.7 Å². The zero-order valence-electron chi connectivity index (χ0n) is 11.6. The highest BCUT2D eigenvalue weighted by Gasteiger charge is 2.24. The number of benzene rings is 1. The molecule has 3 rings (SSSR count). The Balaban J connectivity index is 2.37. The summed E-state index contributed by atoms with van der Waals surface area (Å²) in [5, 5.41) is 20.2. The monoisotopic (exact) mass is 331 g/mol. The Morgan fingerprint density at radius 2 is 1.95 bits per heavy atom. The molecule has 0 aliphatic carbocycles. The molecule has 0 bridgehead atoms. The van der Waals surface area contributed by atoms with Crippen LogP contribution in [0.1, 0.15) is 24.2 Å². The highest BCUT2D eigenvalue weighted by atomic mass is 35.5. The van der Waals surface area contributed by atoms with Crippen molar-refractivity contribution < 1.29 is 5.11 Å². The smallest absolute Gasteiger partial charge is 0.165 e. The summed E-state index contributed by atoms with van der Waals surface area (Å²) in [6, 6.07) is 11.6. The van der Waals surface area contributed by atoms with E-state index in [0.29, 0.717) is 10.9 Å². The normalized spacial score (nSPS) is 12.3. The molecule has 2 aromatic heterocycles. The molecule has 3 aromatic rings. The number of hydrogen-bond donors (Lipinski definition) is 1. The van der Waals surface area contributed by atoms with Gasteiger partial charge in [-0.05, 0) is 12.5 Å². The molecule has 6 heteroatoms. The molecule has 0 spiro atoms. The van der Waals surface area contributed by atoms with Crippen LogP contribution in [0.25, 0.3) is 10.9 Å². The number of rotatable bonds is 2. The molecule has 4 nitrogen and oxygen atoms in total. The Morgan fingerprint density at radius 3 is 2.59 bits per heavy atom. The van der Waals surface area contributed by atoms with Crippen molar-refractivity contribution in [2.45, 2.75) is 13.0 Å². The average Bonchev–Trinajstić information content (AvgIpc) is 2.81. The van der Waals surface area contributed by atoms with E-state index in [1.54, 1.807) is 4.57 Å². The first-order valence-electron chi connectivity index (χ1n) is 6.58. The molecule has 0 saturated carbocycles. The van der Waals surface area contributed by atoms with Crippen LogP contribution in [0.2, 0.25) is 10.2 Å². The Morgan fingerprint density at radius 1 is 1.27 bits per heavy atom. The van der Waals surface area contributed by atoms with Crippen LogP contribution in [0, 0.1) is 11.3 Å². The quantitative estimate of drug-likeness (QED) is 0.750. The van der Waals surface area contributed by atoms with Gasteiger partial charge >= 0.3 is 0 Å². The van der Waals surface area contributed by atoms with Gasteiger partial charge in [0.15, 0.2) is 5.69 Å². The van der Waals surface area contributed by atoms with Gasteiger partial charge in [-0.1, -0.05) is 53.5 Å². The fraction of sp³-hybridized carbons (Fsp3) is 0.125. The number of fused-ring (bicyclic) bond motifs is 1. The molecule has 0 amide bonds. The summed E-state index contributed by atoms with van der Waals surface area (Å²) in [4.78, 5) is 3.97. The van der Waals surface area contributed by atoms with Crippen molar-refractivity contribution >= 4 is 34.1 Å². The molecule has 1 atom stereocenters. The van der Waals surface area contributed by atoms with E-state index >= 15 is 0 Å². The first kappa shape index (κ1) is 14.7. The van der Waals surface area contributed by atoms with E-state index in [4.69, 9.17) is 23.2 Å². The lowest BCUT2D eigenvalue weighted by atomic mass is 10.1. The third-order valence-corrected chi connectivity index (χ3v) is 4.50. The first-order chi connectivity index (χ1) is 10.6. The molecular weight excluding hydrogens is 321 g/mol. The van der Waals surface area contributed by atoms with Crippen LogP contribution >= 0.6 is 23.2 Å². The predicted molar refractivity (Wildman–Crippen MR) is 86.4 cm³/mol. The molecule has 0 saturated heterocycles. The van der Waals surface area contributed by atoms with Gasteiger partial charge < -0.3 is 9.67 Å². The summed E-state index contributed by atoms with van der Waals surface area (Å²) in [7, 11) is 0. The van der Waals surface area contributed by atoms with E-state index in [2.05, 4.69) is 4.98 Å². The Labute approximate surface area is 137 Å². The highest BCUT2D eigenvalue weighted by Crippen LogP contribution is 2.42. The van der Waals surface area contributed by atoms with Crippen LogP contribution in [0.4, 0.5) is 0 Å². The summed E-state index contributed by atoms with van der Waals surface area (Å²) in [5.41, 5.74) is 1.61. The number of aromatic hydroxyl groups is 1. The van der Waals surface area contributed by atoms with Gasteiger partial charge in [-0.15, -0.1) is 0 Å². The fourth-order valence-corrected chi connectivity index (χ4v) is 3.18. The first-order valence-corrected chi connectivity index (χ1v) is 7.33. The second-order valence-corrected chi connectivity index (χ2v) is 5.62. The lowest BCUT2D eigenvalue weighted by molar-refractivity contribution is 0.479. The van der Waals surface area contributed by atoms with E-state index in [1.165, 1.54) is 6.20 Å². The van der Waals surface area contributed by atoms with Crippen molar-refractivity contribution in [3.63, 3.8) is 0 Å². The number of hydrogen-bond acceptors (Lipinski definition) is 3. The molecule has 1 N–H and O–H groups in total. The highest BCUT2D eigenvalue weighted by molar-refractivity contribution is 6.45. The van der Waals surface area contributed by atoms with Crippen molar-refractivity contribution in [1.82, 2.24) is 9.55 Å². The molecule has 0 radical (unpaired) electrons. The van der Waals surface area contributed by atoms with E-state index in [1.807, 2.05) is 43.3 Å². The number of aromatic nitrogens is 2. The molecule has 22 heavy (non-hydrogen) atoms. The zero-order chi connectivity index (χ0) is 15.9. The second kappa shape index (κ2) is 5.53. The van der Waals surface area contributed by atoms with E-state index < -0.39 is 0 Å². The van der Waals surface area contributed by atoms with Gasteiger partial charge in [-0.25, -0.2) is 4.98 Å². The third-order valence-electron chi connectivity index (χ3n) is 3.66. The predicted octanol–water partition coefficient (Wildman–Crippen LogP) is 4.53. The second-order valence-electron chi connectivity index (χ2n) is 4.89. The molecule has 0 aliphatic rings. The van der Waals surface area contributed by atoms with Gasteiger partial charge in [-0.2, -0.15) is 5.26 Å². The van der Waals surface area contributed by atoms with Crippen LogP contribution in [0.15, 0.2) is 36.5 Å². The molecule has 0 fully saturated rings. The summed E-state index contributed by atoms with van der Waals surface area (Å²) in [6.45, 7) is 1.95. The van der Waals surface area contributed by atoms with Crippen LogP contribution in [0.3, 0.4) is 0 Å². The molecule has 1 aromatic carbocycles. The van der Waals surface area contributed by atoms with Gasteiger partial charge in [0.2, 0.25) is 0 Å². The number of halogens is 2. The maximum Gasteiger partial charge on any atom is 0.165 e.